The van der Waals surface area contributed by atoms with E-state index in [0.717, 1.165) is 11.4 Å². The normalized spacial score (nSPS) is 13.7. The molecule has 0 fully saturated rings. The molecule has 0 aliphatic carbocycles. The number of hydrogen-bond donors (Lipinski definition) is 1. The molecule has 0 bridgehead atoms. The molecular formula is C11H20N4. The molecule has 1 unspecified atom stereocenters. The lowest BCUT2D eigenvalue weighted by molar-refractivity contribution is 0.357. The van der Waals surface area contributed by atoms with Crippen molar-refractivity contribution in [2.45, 2.75) is 47.6 Å². The smallest absolute Gasteiger partial charge is 0.243 e. The Morgan fingerprint density at radius 3 is 2.13 bits per heavy atom. The van der Waals surface area contributed by atoms with Crippen LogP contribution in [0.1, 0.15) is 39.1 Å². The standard InChI is InChI=1S/C11H20N4/c1-7-8(2)14-15-10(12-7)13-9(3)11(4,5)6/h9H,1-6H3,(H,12,13,15). The molecule has 84 valence electrons. The highest BCUT2D eigenvalue weighted by Gasteiger charge is 2.20. The molecule has 4 nitrogen and oxygen atoms in total. The second-order valence-corrected chi connectivity index (χ2v) is 5.04. The molecule has 0 saturated heterocycles. The second kappa shape index (κ2) is 4.13. The lowest BCUT2D eigenvalue weighted by Crippen LogP contribution is -2.31. The highest BCUT2D eigenvalue weighted by Crippen LogP contribution is 2.21. The fraction of sp³-hybridized carbons (Fsp3) is 0.727. The SMILES string of the molecule is Cc1nnc(NC(C)C(C)(C)C)nc1C. The Hall–Kier alpha value is -1.19. The van der Waals surface area contributed by atoms with E-state index < -0.39 is 0 Å². The fourth-order valence-electron chi connectivity index (χ4n) is 0.928. The number of anilines is 1. The van der Waals surface area contributed by atoms with Gasteiger partial charge in [0.2, 0.25) is 5.95 Å². The summed E-state index contributed by atoms with van der Waals surface area (Å²) >= 11 is 0. The van der Waals surface area contributed by atoms with Gasteiger partial charge >= 0.3 is 0 Å². The van der Waals surface area contributed by atoms with Gasteiger partial charge < -0.3 is 5.32 Å². The van der Waals surface area contributed by atoms with Crippen molar-refractivity contribution in [1.29, 1.82) is 0 Å². The van der Waals surface area contributed by atoms with Gasteiger partial charge in [0.15, 0.2) is 0 Å². The quantitative estimate of drug-likeness (QED) is 0.810. The van der Waals surface area contributed by atoms with E-state index >= 15 is 0 Å². The summed E-state index contributed by atoms with van der Waals surface area (Å²) in [4.78, 5) is 4.34. The third kappa shape index (κ3) is 3.15. The van der Waals surface area contributed by atoms with Crippen LogP contribution >= 0.6 is 0 Å². The number of nitrogens with zero attached hydrogens (tertiary/aromatic N) is 3. The lowest BCUT2D eigenvalue weighted by Gasteiger charge is -2.27. The van der Waals surface area contributed by atoms with E-state index in [4.69, 9.17) is 0 Å². The number of aromatic nitrogens is 3. The van der Waals surface area contributed by atoms with Gasteiger partial charge in [-0.2, -0.15) is 5.10 Å². The van der Waals surface area contributed by atoms with Gasteiger partial charge in [-0.15, -0.1) is 5.10 Å². The fourth-order valence-corrected chi connectivity index (χ4v) is 0.928. The molecule has 1 rings (SSSR count). The topological polar surface area (TPSA) is 50.7 Å². The van der Waals surface area contributed by atoms with Gasteiger partial charge in [-0.1, -0.05) is 20.8 Å². The van der Waals surface area contributed by atoms with E-state index in [1.165, 1.54) is 0 Å². The molecule has 0 aliphatic heterocycles. The van der Waals surface area contributed by atoms with Gasteiger partial charge in [0.1, 0.15) is 0 Å². The first-order valence-electron chi connectivity index (χ1n) is 5.25. The van der Waals surface area contributed by atoms with Crippen molar-refractivity contribution >= 4 is 5.95 Å². The molecule has 0 amide bonds. The van der Waals surface area contributed by atoms with Crippen LogP contribution < -0.4 is 5.32 Å². The van der Waals surface area contributed by atoms with E-state index in [1.807, 2.05) is 13.8 Å². The summed E-state index contributed by atoms with van der Waals surface area (Å²) in [6.07, 6.45) is 0. The first-order valence-corrected chi connectivity index (χ1v) is 5.25. The first-order chi connectivity index (χ1) is 6.80. The maximum atomic E-state index is 4.34. The van der Waals surface area contributed by atoms with E-state index in [0.29, 0.717) is 12.0 Å². The molecule has 15 heavy (non-hydrogen) atoms. The van der Waals surface area contributed by atoms with Gasteiger partial charge in [0.05, 0.1) is 11.4 Å². The number of nitrogens with one attached hydrogen (secondary N) is 1. The minimum Gasteiger partial charge on any atom is -0.350 e. The molecular weight excluding hydrogens is 188 g/mol. The third-order valence-electron chi connectivity index (χ3n) is 2.74. The highest BCUT2D eigenvalue weighted by molar-refractivity contribution is 5.26. The average molecular weight is 208 g/mol. The number of hydrogen-bond acceptors (Lipinski definition) is 4. The Morgan fingerprint density at radius 1 is 1.07 bits per heavy atom. The largest absolute Gasteiger partial charge is 0.350 e. The Morgan fingerprint density at radius 2 is 1.67 bits per heavy atom. The Labute approximate surface area is 91.5 Å². The van der Waals surface area contributed by atoms with Crippen molar-refractivity contribution < 1.29 is 0 Å². The van der Waals surface area contributed by atoms with E-state index in [-0.39, 0.29) is 5.41 Å². The van der Waals surface area contributed by atoms with Crippen molar-refractivity contribution in [1.82, 2.24) is 15.2 Å². The monoisotopic (exact) mass is 208 g/mol. The molecule has 4 heteroatoms. The molecule has 0 aromatic carbocycles. The summed E-state index contributed by atoms with van der Waals surface area (Å²) in [5, 5.41) is 11.3. The van der Waals surface area contributed by atoms with Crippen LogP contribution in [0.3, 0.4) is 0 Å². The molecule has 1 atom stereocenters. The molecule has 0 spiro atoms. The van der Waals surface area contributed by atoms with Crippen LogP contribution in [0.25, 0.3) is 0 Å². The van der Waals surface area contributed by atoms with Gasteiger partial charge in [-0.3, -0.25) is 0 Å². The van der Waals surface area contributed by atoms with Crippen LogP contribution in [0, 0.1) is 19.3 Å². The summed E-state index contributed by atoms with van der Waals surface area (Å²) in [5.74, 6) is 0.612. The van der Waals surface area contributed by atoms with Crippen LogP contribution in [0.4, 0.5) is 5.95 Å². The molecule has 0 aliphatic rings. The summed E-state index contributed by atoms with van der Waals surface area (Å²) in [7, 11) is 0. The Bertz CT molecular complexity index is 341. The molecule has 1 aromatic rings. The van der Waals surface area contributed by atoms with Crippen molar-refractivity contribution in [3.05, 3.63) is 11.4 Å². The van der Waals surface area contributed by atoms with Crippen LogP contribution in [0.5, 0.6) is 0 Å². The van der Waals surface area contributed by atoms with Gasteiger partial charge in [0, 0.05) is 6.04 Å². The van der Waals surface area contributed by atoms with Crippen molar-refractivity contribution in [3.63, 3.8) is 0 Å². The number of rotatable bonds is 2. The van der Waals surface area contributed by atoms with Gasteiger partial charge in [-0.25, -0.2) is 4.98 Å². The first kappa shape index (κ1) is 11.9. The van der Waals surface area contributed by atoms with Gasteiger partial charge in [-0.05, 0) is 26.2 Å². The predicted octanol–water partition coefficient (Wildman–Crippen LogP) is 2.33. The summed E-state index contributed by atoms with van der Waals surface area (Å²) in [6.45, 7) is 12.5. The van der Waals surface area contributed by atoms with Crippen molar-refractivity contribution in [2.75, 3.05) is 5.32 Å². The zero-order valence-electron chi connectivity index (χ0n) is 10.4. The van der Waals surface area contributed by atoms with E-state index in [9.17, 15) is 0 Å². The minimum atomic E-state index is 0.183. The minimum absolute atomic E-state index is 0.183. The summed E-state index contributed by atoms with van der Waals surface area (Å²) in [6, 6.07) is 0.307. The summed E-state index contributed by atoms with van der Waals surface area (Å²) < 4.78 is 0. The lowest BCUT2D eigenvalue weighted by atomic mass is 9.88. The zero-order valence-corrected chi connectivity index (χ0v) is 10.4. The Kier molecular flexibility index (Phi) is 3.27. The van der Waals surface area contributed by atoms with Crippen molar-refractivity contribution in [3.8, 4) is 0 Å². The maximum Gasteiger partial charge on any atom is 0.243 e. The summed E-state index contributed by atoms with van der Waals surface area (Å²) in [5.41, 5.74) is 1.99. The van der Waals surface area contributed by atoms with Crippen LogP contribution in [0.15, 0.2) is 0 Å². The molecule has 1 N–H and O–H groups in total. The zero-order chi connectivity index (χ0) is 11.6. The van der Waals surface area contributed by atoms with Crippen LogP contribution in [0.2, 0.25) is 0 Å². The highest BCUT2D eigenvalue weighted by atomic mass is 15.2. The van der Waals surface area contributed by atoms with Crippen LogP contribution in [-0.2, 0) is 0 Å². The Balaban J connectivity index is 2.78. The molecule has 0 radical (unpaired) electrons. The van der Waals surface area contributed by atoms with E-state index in [2.05, 4.69) is 48.2 Å². The second-order valence-electron chi connectivity index (χ2n) is 5.04. The maximum absolute atomic E-state index is 4.34. The third-order valence-corrected chi connectivity index (χ3v) is 2.74. The average Bonchev–Trinajstić information content (AvgIpc) is 2.10. The van der Waals surface area contributed by atoms with Crippen molar-refractivity contribution in [2.24, 2.45) is 5.41 Å². The number of aryl methyl sites for hydroxylation is 2. The molecule has 0 saturated carbocycles. The predicted molar refractivity (Wildman–Crippen MR) is 61.8 cm³/mol. The van der Waals surface area contributed by atoms with Gasteiger partial charge in [0.25, 0.3) is 0 Å². The molecule has 1 aromatic heterocycles. The molecule has 1 heterocycles. The van der Waals surface area contributed by atoms with E-state index in [1.54, 1.807) is 0 Å². The van der Waals surface area contributed by atoms with Crippen LogP contribution in [-0.4, -0.2) is 21.2 Å².